The van der Waals surface area contributed by atoms with Crippen molar-refractivity contribution in [3.05, 3.63) is 31.2 Å². The van der Waals surface area contributed by atoms with Crippen LogP contribution < -0.4 is 0 Å². The standard InChI is InChI=1S/C8H2Cl4O4.6C4H9.2Sn/c9-3-1(7(13)14)2(8(15)16)4(10)6(12)5(3)11;6*1-3-4-2;;/h(H,13,14)(H,15,16);6*1,3-4H2,2H3;;. The number of rotatable bonds is 20. The molecule has 2 N–H and O–H groups in total. The van der Waals surface area contributed by atoms with Gasteiger partial charge >= 0.3 is 197 Å². The van der Waals surface area contributed by atoms with Crippen molar-refractivity contribution in [2.75, 3.05) is 0 Å². The number of hydrogen-bond donors (Lipinski definition) is 2. The molecule has 4 nitrogen and oxygen atoms in total. The molecule has 1 aromatic rings. The summed E-state index contributed by atoms with van der Waals surface area (Å²) >= 11 is 20.7. The second-order valence-electron chi connectivity index (χ2n) is 10.7. The van der Waals surface area contributed by atoms with Gasteiger partial charge in [0, 0.05) is 0 Å². The Bertz CT molecular complexity index is 765. The number of aromatic carboxylic acids is 2. The molecule has 0 aromatic heterocycles. The van der Waals surface area contributed by atoms with Crippen LogP contribution in [-0.4, -0.2) is 61.7 Å². The maximum absolute atomic E-state index is 10.9. The molecule has 0 aliphatic rings. The van der Waals surface area contributed by atoms with Crippen molar-refractivity contribution in [1.29, 1.82) is 0 Å². The number of carbonyl (C=O) groups is 2. The Kier molecular flexibility index (Phi) is 31.5. The van der Waals surface area contributed by atoms with Crippen molar-refractivity contribution in [3.8, 4) is 0 Å². The molecule has 42 heavy (non-hydrogen) atoms. The van der Waals surface area contributed by atoms with Crippen molar-refractivity contribution >= 4 is 97.9 Å². The Hall–Kier alpha value is 0.917. The van der Waals surface area contributed by atoms with Crippen molar-refractivity contribution in [3.63, 3.8) is 0 Å². The zero-order valence-electron chi connectivity index (χ0n) is 27.0. The Morgan fingerprint density at radius 3 is 0.786 bits per heavy atom. The third-order valence-electron chi connectivity index (χ3n) is 7.00. The van der Waals surface area contributed by atoms with E-state index in [2.05, 4.69) is 41.5 Å². The van der Waals surface area contributed by atoms with E-state index in [1.165, 1.54) is 77.0 Å². The normalized spacial score (nSPS) is 10.8. The van der Waals surface area contributed by atoms with E-state index < -0.39 is 72.6 Å². The van der Waals surface area contributed by atoms with Crippen LogP contribution in [0.3, 0.4) is 0 Å². The summed E-state index contributed by atoms with van der Waals surface area (Å²) in [5.74, 6) is -3.11. The minimum Gasteiger partial charge on any atom is -0.478 e. The van der Waals surface area contributed by atoms with Crippen LogP contribution in [0.5, 0.6) is 0 Å². The predicted molar refractivity (Wildman–Crippen MR) is 190 cm³/mol. The average Bonchev–Trinajstić information content (AvgIpc) is 2.97. The third kappa shape index (κ3) is 20.1. The number of halogens is 4. The van der Waals surface area contributed by atoms with Crippen LogP contribution in [0.15, 0.2) is 0 Å². The van der Waals surface area contributed by atoms with Gasteiger partial charge < -0.3 is 10.2 Å². The molecule has 0 aliphatic carbocycles. The van der Waals surface area contributed by atoms with E-state index in [1.807, 2.05) is 0 Å². The molecular weight excluding hydrogens is 828 g/mol. The first-order valence-electron chi connectivity index (χ1n) is 16.0. The van der Waals surface area contributed by atoms with E-state index >= 15 is 0 Å². The van der Waals surface area contributed by atoms with Crippen molar-refractivity contribution in [2.45, 2.75) is 145 Å². The molecule has 10 heteroatoms. The SMILES string of the molecule is CCC[CH2][Sn]([CH2]CCC)[CH2]CCC.CCC[CH2][Sn]([CH2]CCC)[CH2]CCC.O=C(O)c1c(Cl)c(Cl)c(Cl)c(Cl)c1C(=O)O. The average molecular weight is 884 g/mol. The molecule has 0 atom stereocenters. The van der Waals surface area contributed by atoms with Crippen LogP contribution >= 0.6 is 46.4 Å². The van der Waals surface area contributed by atoms with Gasteiger partial charge in [0.25, 0.3) is 0 Å². The second-order valence-corrected chi connectivity index (χ2v) is 29.4. The molecular formula is C32H56Cl4O4Sn2. The zero-order chi connectivity index (χ0) is 32.5. The van der Waals surface area contributed by atoms with Gasteiger partial charge in [-0.2, -0.15) is 0 Å². The van der Waals surface area contributed by atoms with Gasteiger partial charge in [0.05, 0.1) is 31.2 Å². The molecule has 0 saturated carbocycles. The van der Waals surface area contributed by atoms with E-state index in [0.717, 1.165) is 0 Å². The molecule has 244 valence electrons. The van der Waals surface area contributed by atoms with Crippen LogP contribution in [0.4, 0.5) is 0 Å². The molecule has 0 saturated heterocycles. The number of hydrogen-bond acceptors (Lipinski definition) is 2. The topological polar surface area (TPSA) is 74.6 Å². The van der Waals surface area contributed by atoms with Gasteiger partial charge in [-0.25, -0.2) is 9.59 Å². The molecule has 0 heterocycles. The number of carboxylic acid groups (broad SMARTS) is 2. The fraction of sp³-hybridized carbons (Fsp3) is 0.750. The second kappa shape index (κ2) is 29.3. The van der Waals surface area contributed by atoms with E-state index in [4.69, 9.17) is 56.6 Å². The Morgan fingerprint density at radius 2 is 0.643 bits per heavy atom. The van der Waals surface area contributed by atoms with Crippen molar-refractivity contribution in [1.82, 2.24) is 0 Å². The molecule has 0 bridgehead atoms. The van der Waals surface area contributed by atoms with Gasteiger partial charge in [-0.05, 0) is 0 Å². The van der Waals surface area contributed by atoms with Gasteiger partial charge in [0.2, 0.25) is 0 Å². The quantitative estimate of drug-likeness (QED) is 0.0777. The summed E-state index contributed by atoms with van der Waals surface area (Å²) in [5.41, 5.74) is -1.37. The van der Waals surface area contributed by atoms with E-state index in [0.29, 0.717) is 0 Å². The van der Waals surface area contributed by atoms with E-state index in [-0.39, 0.29) is 10.0 Å². The molecule has 1 aromatic carbocycles. The van der Waals surface area contributed by atoms with Gasteiger partial charge in [0.1, 0.15) is 0 Å². The summed E-state index contributed by atoms with van der Waals surface area (Å²) in [6.07, 6.45) is 17.7. The van der Waals surface area contributed by atoms with Crippen LogP contribution in [0.2, 0.25) is 46.7 Å². The number of unbranched alkanes of at least 4 members (excludes halogenated alkanes) is 6. The Morgan fingerprint density at radius 1 is 0.452 bits per heavy atom. The van der Waals surface area contributed by atoms with Crippen LogP contribution in [-0.2, 0) is 0 Å². The fourth-order valence-electron chi connectivity index (χ4n) is 4.34. The third-order valence-corrected chi connectivity index (χ3v) is 27.0. The number of benzene rings is 1. The molecule has 2 radical (unpaired) electrons. The smallest absolute Gasteiger partial charge is 0.338 e. The molecule has 0 amide bonds. The van der Waals surface area contributed by atoms with Crippen LogP contribution in [0.25, 0.3) is 0 Å². The fourth-order valence-corrected chi connectivity index (χ4v) is 24.3. The maximum atomic E-state index is 10.9. The largest absolute Gasteiger partial charge is 0.478 e. The summed E-state index contributed by atoms with van der Waals surface area (Å²) in [4.78, 5) is 21.7. The molecule has 0 spiro atoms. The van der Waals surface area contributed by atoms with Crippen molar-refractivity contribution in [2.24, 2.45) is 0 Å². The summed E-state index contributed by atoms with van der Waals surface area (Å²) in [7, 11) is 0. The van der Waals surface area contributed by atoms with Crippen LogP contribution in [0, 0.1) is 0 Å². The summed E-state index contributed by atoms with van der Waals surface area (Å²) < 4.78 is 10.1. The molecule has 0 aliphatic heterocycles. The van der Waals surface area contributed by atoms with Gasteiger partial charge in [-0.1, -0.05) is 46.4 Å². The Balaban J connectivity index is 0. The Labute approximate surface area is 291 Å². The van der Waals surface area contributed by atoms with Gasteiger partial charge in [-0.15, -0.1) is 0 Å². The maximum Gasteiger partial charge on any atom is 0.338 e. The first kappa shape index (κ1) is 45.0. The minimum absolute atomic E-state index is 0.296. The minimum atomic E-state index is -1.55. The zero-order valence-corrected chi connectivity index (χ0v) is 35.7. The van der Waals surface area contributed by atoms with Crippen molar-refractivity contribution < 1.29 is 19.8 Å². The molecule has 1 rings (SSSR count). The molecule has 0 unspecified atom stereocenters. The van der Waals surface area contributed by atoms with E-state index in [1.54, 1.807) is 26.6 Å². The predicted octanol–water partition coefficient (Wildman–Crippen LogP) is 13.5. The molecule has 0 fully saturated rings. The van der Waals surface area contributed by atoms with Gasteiger partial charge in [-0.3, -0.25) is 0 Å². The first-order valence-corrected chi connectivity index (χ1v) is 29.6. The summed E-state index contributed by atoms with van der Waals surface area (Å²) in [5, 5.41) is 16.1. The van der Waals surface area contributed by atoms with Crippen LogP contribution in [0.1, 0.15) is 139 Å². The van der Waals surface area contributed by atoms with E-state index in [9.17, 15) is 9.59 Å². The monoisotopic (exact) mass is 884 g/mol. The summed E-state index contributed by atoms with van der Waals surface area (Å²) in [6.45, 7) is 14.0. The summed E-state index contributed by atoms with van der Waals surface area (Å²) in [6, 6.07) is 0. The number of carboxylic acids is 2. The van der Waals surface area contributed by atoms with Gasteiger partial charge in [0.15, 0.2) is 0 Å². The first-order chi connectivity index (χ1) is 20.0.